The molecule has 2 aromatic rings. The summed E-state index contributed by atoms with van der Waals surface area (Å²) in [6, 6.07) is 9.32. The van der Waals surface area contributed by atoms with Crippen LogP contribution in [0.3, 0.4) is 0 Å². The van der Waals surface area contributed by atoms with E-state index in [9.17, 15) is 0 Å². The second-order valence-corrected chi connectivity index (χ2v) is 4.89. The summed E-state index contributed by atoms with van der Waals surface area (Å²) in [7, 11) is 0. The summed E-state index contributed by atoms with van der Waals surface area (Å²) in [6.07, 6.45) is -0.0704. The molecule has 2 heterocycles. The molecule has 0 radical (unpaired) electrons. The third kappa shape index (κ3) is 2.93. The quantitative estimate of drug-likeness (QED) is 0.881. The van der Waals surface area contributed by atoms with Gasteiger partial charge in [0.1, 0.15) is 29.5 Å². The largest absolute Gasteiger partial charge is 0.486 e. The van der Waals surface area contributed by atoms with Gasteiger partial charge in [-0.15, -0.1) is 0 Å². The molecule has 104 valence electrons. The van der Waals surface area contributed by atoms with Crippen LogP contribution in [-0.4, -0.2) is 29.2 Å². The van der Waals surface area contributed by atoms with Crippen molar-refractivity contribution in [3.8, 4) is 11.5 Å². The van der Waals surface area contributed by atoms with Crippen LogP contribution in [0, 0.1) is 6.92 Å². The number of aryl methyl sites for hydroxylation is 1. The lowest BCUT2D eigenvalue weighted by atomic mass is 10.2. The molecule has 0 saturated carbocycles. The van der Waals surface area contributed by atoms with Crippen molar-refractivity contribution in [3.05, 3.63) is 41.3 Å². The van der Waals surface area contributed by atoms with Gasteiger partial charge in [-0.1, -0.05) is 23.7 Å². The molecule has 1 aliphatic heterocycles. The summed E-state index contributed by atoms with van der Waals surface area (Å²) < 4.78 is 11.5. The van der Waals surface area contributed by atoms with Crippen molar-refractivity contribution in [2.45, 2.75) is 13.0 Å². The molecule has 0 amide bonds. The van der Waals surface area contributed by atoms with Crippen LogP contribution in [0.4, 0.5) is 5.82 Å². The first kappa shape index (κ1) is 13.0. The second-order valence-electron chi connectivity index (χ2n) is 4.50. The minimum absolute atomic E-state index is 0.0704. The van der Waals surface area contributed by atoms with E-state index in [1.807, 2.05) is 24.3 Å². The SMILES string of the molecule is Cc1nc(Cl)cc(NC[C@@H]2COc3ccccc3O2)n1. The fraction of sp³-hybridized carbons (Fsp3) is 0.286. The van der Waals surface area contributed by atoms with Gasteiger partial charge in [0.2, 0.25) is 0 Å². The van der Waals surface area contributed by atoms with Gasteiger partial charge in [-0.3, -0.25) is 0 Å². The Morgan fingerprint density at radius 2 is 2.10 bits per heavy atom. The first-order chi connectivity index (χ1) is 9.70. The minimum atomic E-state index is -0.0704. The van der Waals surface area contributed by atoms with E-state index in [0.717, 1.165) is 11.5 Å². The molecule has 1 aromatic heterocycles. The normalized spacial score (nSPS) is 16.8. The second kappa shape index (κ2) is 5.54. The highest BCUT2D eigenvalue weighted by Gasteiger charge is 2.20. The van der Waals surface area contributed by atoms with Gasteiger partial charge in [0.05, 0.1) is 6.54 Å². The lowest BCUT2D eigenvalue weighted by molar-refractivity contribution is 0.0997. The average Bonchev–Trinajstić information content (AvgIpc) is 2.44. The maximum absolute atomic E-state index is 5.89. The molecule has 1 atom stereocenters. The molecule has 1 N–H and O–H groups in total. The number of para-hydroxylation sites is 2. The molecule has 0 fully saturated rings. The molecule has 0 bridgehead atoms. The molecular formula is C14H14ClN3O2. The van der Waals surface area contributed by atoms with Gasteiger partial charge < -0.3 is 14.8 Å². The van der Waals surface area contributed by atoms with Gasteiger partial charge in [0.15, 0.2) is 11.5 Å². The Kier molecular flexibility index (Phi) is 3.60. The highest BCUT2D eigenvalue weighted by molar-refractivity contribution is 6.29. The van der Waals surface area contributed by atoms with Crippen LogP contribution in [0.15, 0.2) is 30.3 Å². The van der Waals surface area contributed by atoms with Crippen molar-refractivity contribution in [1.82, 2.24) is 9.97 Å². The highest BCUT2D eigenvalue weighted by atomic mass is 35.5. The van der Waals surface area contributed by atoms with Crippen molar-refractivity contribution < 1.29 is 9.47 Å². The fourth-order valence-electron chi connectivity index (χ4n) is 2.00. The minimum Gasteiger partial charge on any atom is -0.486 e. The van der Waals surface area contributed by atoms with E-state index in [1.54, 1.807) is 13.0 Å². The van der Waals surface area contributed by atoms with Crippen molar-refractivity contribution in [2.24, 2.45) is 0 Å². The van der Waals surface area contributed by atoms with E-state index >= 15 is 0 Å². The van der Waals surface area contributed by atoms with Gasteiger partial charge in [0.25, 0.3) is 0 Å². The molecule has 20 heavy (non-hydrogen) atoms. The van der Waals surface area contributed by atoms with Crippen LogP contribution in [0.2, 0.25) is 5.15 Å². The lowest BCUT2D eigenvalue weighted by Gasteiger charge is -2.26. The Morgan fingerprint density at radius 1 is 1.30 bits per heavy atom. The summed E-state index contributed by atoms with van der Waals surface area (Å²) in [5, 5.41) is 3.61. The molecule has 6 heteroatoms. The number of ether oxygens (including phenoxy) is 2. The molecule has 1 aliphatic rings. The maximum atomic E-state index is 5.89. The molecule has 5 nitrogen and oxygen atoms in total. The predicted molar refractivity (Wildman–Crippen MR) is 76.6 cm³/mol. The molecule has 3 rings (SSSR count). The third-order valence-corrected chi connectivity index (χ3v) is 3.08. The van der Waals surface area contributed by atoms with E-state index in [2.05, 4.69) is 15.3 Å². The maximum Gasteiger partial charge on any atom is 0.161 e. The van der Waals surface area contributed by atoms with E-state index < -0.39 is 0 Å². The Bertz CT molecular complexity index is 601. The number of hydrogen-bond acceptors (Lipinski definition) is 5. The lowest BCUT2D eigenvalue weighted by Crippen LogP contribution is -2.35. The van der Waals surface area contributed by atoms with Gasteiger partial charge in [-0.2, -0.15) is 0 Å². The Morgan fingerprint density at radius 3 is 2.90 bits per heavy atom. The first-order valence-corrected chi connectivity index (χ1v) is 6.72. The van der Waals surface area contributed by atoms with E-state index in [4.69, 9.17) is 21.1 Å². The molecular weight excluding hydrogens is 278 g/mol. The fourth-order valence-corrected chi connectivity index (χ4v) is 2.23. The number of anilines is 1. The van der Waals surface area contributed by atoms with Crippen molar-refractivity contribution in [3.63, 3.8) is 0 Å². The van der Waals surface area contributed by atoms with E-state index in [1.165, 1.54) is 0 Å². The van der Waals surface area contributed by atoms with Gasteiger partial charge >= 0.3 is 0 Å². The molecule has 0 unspecified atom stereocenters. The van der Waals surface area contributed by atoms with Crippen LogP contribution in [-0.2, 0) is 0 Å². The van der Waals surface area contributed by atoms with Crippen molar-refractivity contribution in [2.75, 3.05) is 18.5 Å². The monoisotopic (exact) mass is 291 g/mol. The van der Waals surface area contributed by atoms with E-state index in [-0.39, 0.29) is 6.10 Å². The van der Waals surface area contributed by atoms with Crippen molar-refractivity contribution >= 4 is 17.4 Å². The first-order valence-electron chi connectivity index (χ1n) is 6.34. The summed E-state index contributed by atoms with van der Waals surface area (Å²) in [5.41, 5.74) is 0. The Labute approximate surface area is 121 Å². The summed E-state index contributed by atoms with van der Waals surface area (Å²) in [5.74, 6) is 2.86. The smallest absolute Gasteiger partial charge is 0.161 e. The number of nitrogens with one attached hydrogen (secondary N) is 1. The van der Waals surface area contributed by atoms with Crippen LogP contribution < -0.4 is 14.8 Å². The van der Waals surface area contributed by atoms with Crippen LogP contribution in [0.25, 0.3) is 0 Å². The Hall–Kier alpha value is -2.01. The van der Waals surface area contributed by atoms with Gasteiger partial charge in [-0.25, -0.2) is 9.97 Å². The third-order valence-electron chi connectivity index (χ3n) is 2.89. The topological polar surface area (TPSA) is 56.3 Å². The van der Waals surface area contributed by atoms with E-state index in [0.29, 0.717) is 29.9 Å². The standard InChI is InChI=1S/C14H14ClN3O2/c1-9-17-13(15)6-14(18-9)16-7-10-8-19-11-4-2-3-5-12(11)20-10/h2-6,10H,7-8H2,1H3,(H,16,17,18)/t10-/m1/s1. The zero-order chi connectivity index (χ0) is 13.9. The van der Waals surface area contributed by atoms with Crippen LogP contribution in [0.5, 0.6) is 11.5 Å². The van der Waals surface area contributed by atoms with Crippen LogP contribution >= 0.6 is 11.6 Å². The molecule has 1 aromatic carbocycles. The van der Waals surface area contributed by atoms with Gasteiger partial charge in [-0.05, 0) is 19.1 Å². The number of rotatable bonds is 3. The number of nitrogens with zero attached hydrogens (tertiary/aromatic N) is 2. The summed E-state index contributed by atoms with van der Waals surface area (Å²) in [4.78, 5) is 8.28. The zero-order valence-corrected chi connectivity index (χ0v) is 11.7. The number of aromatic nitrogens is 2. The Balaban J connectivity index is 1.62. The predicted octanol–water partition coefficient (Wildman–Crippen LogP) is 2.69. The van der Waals surface area contributed by atoms with Gasteiger partial charge in [0, 0.05) is 6.07 Å². The number of fused-ring (bicyclic) bond motifs is 1. The van der Waals surface area contributed by atoms with Crippen molar-refractivity contribution in [1.29, 1.82) is 0 Å². The summed E-state index contributed by atoms with van der Waals surface area (Å²) >= 11 is 5.89. The molecule has 0 saturated heterocycles. The average molecular weight is 292 g/mol. The zero-order valence-electron chi connectivity index (χ0n) is 11.0. The number of hydrogen-bond donors (Lipinski definition) is 1. The molecule has 0 spiro atoms. The number of halogens is 1. The molecule has 0 aliphatic carbocycles. The highest BCUT2D eigenvalue weighted by Crippen LogP contribution is 2.30. The van der Waals surface area contributed by atoms with Crippen LogP contribution in [0.1, 0.15) is 5.82 Å². The summed E-state index contributed by atoms with van der Waals surface area (Å²) in [6.45, 7) is 2.89. The number of benzene rings is 1.